The van der Waals surface area contributed by atoms with E-state index in [9.17, 15) is 0 Å². The molecule has 0 saturated carbocycles. The van der Waals surface area contributed by atoms with Gasteiger partial charge in [-0.2, -0.15) is 0 Å². The van der Waals surface area contributed by atoms with Gasteiger partial charge in [0.2, 0.25) is 0 Å². The van der Waals surface area contributed by atoms with Gasteiger partial charge in [-0.25, -0.2) is 0 Å². The van der Waals surface area contributed by atoms with Gasteiger partial charge in [0.15, 0.2) is 11.5 Å². The number of phenolic OH excluding ortho intramolecular Hbond substituents is 2. The SMILES string of the molecule is Cc1c[c]cc(O)c1O. The number of aryl methyl sites for hydroxylation is 1. The van der Waals surface area contributed by atoms with Crippen LogP contribution in [-0.2, 0) is 0 Å². The maximum atomic E-state index is 8.94. The molecule has 0 spiro atoms. The zero-order chi connectivity index (χ0) is 6.85. The molecule has 0 aliphatic heterocycles. The van der Waals surface area contributed by atoms with E-state index in [1.165, 1.54) is 6.07 Å². The highest BCUT2D eigenvalue weighted by Crippen LogP contribution is 2.26. The van der Waals surface area contributed by atoms with Crippen LogP contribution in [0.3, 0.4) is 0 Å². The summed E-state index contributed by atoms with van der Waals surface area (Å²) in [6.07, 6.45) is 0. The van der Waals surface area contributed by atoms with Crippen LogP contribution in [-0.4, -0.2) is 10.2 Å². The Labute approximate surface area is 53.4 Å². The normalized spacial score (nSPS) is 9.44. The van der Waals surface area contributed by atoms with Crippen molar-refractivity contribution in [2.45, 2.75) is 6.92 Å². The molecule has 2 N–H and O–H groups in total. The van der Waals surface area contributed by atoms with E-state index in [0.717, 1.165) is 0 Å². The van der Waals surface area contributed by atoms with E-state index in [1.54, 1.807) is 13.0 Å². The second kappa shape index (κ2) is 1.97. The number of rotatable bonds is 0. The van der Waals surface area contributed by atoms with Crippen molar-refractivity contribution >= 4 is 0 Å². The van der Waals surface area contributed by atoms with E-state index in [-0.39, 0.29) is 11.5 Å². The van der Waals surface area contributed by atoms with Gasteiger partial charge < -0.3 is 10.2 Å². The van der Waals surface area contributed by atoms with E-state index in [2.05, 4.69) is 6.07 Å². The van der Waals surface area contributed by atoms with Crippen molar-refractivity contribution in [2.75, 3.05) is 0 Å². The number of hydrogen-bond acceptors (Lipinski definition) is 2. The van der Waals surface area contributed by atoms with Crippen LogP contribution in [0.4, 0.5) is 0 Å². The average molecular weight is 123 g/mol. The molecule has 0 fully saturated rings. The lowest BCUT2D eigenvalue weighted by molar-refractivity contribution is 0.401. The highest BCUT2D eigenvalue weighted by atomic mass is 16.3. The van der Waals surface area contributed by atoms with Crippen molar-refractivity contribution in [1.82, 2.24) is 0 Å². The maximum Gasteiger partial charge on any atom is 0.160 e. The third kappa shape index (κ3) is 0.964. The van der Waals surface area contributed by atoms with Crippen LogP contribution in [0.5, 0.6) is 11.5 Å². The molecule has 9 heavy (non-hydrogen) atoms. The molecule has 1 aromatic rings. The molecule has 1 aromatic carbocycles. The van der Waals surface area contributed by atoms with Gasteiger partial charge in [-0.1, -0.05) is 0 Å². The summed E-state index contributed by atoms with van der Waals surface area (Å²) in [6, 6.07) is 5.59. The highest BCUT2D eigenvalue weighted by Gasteiger charge is 1.98. The molecule has 1 radical (unpaired) electrons. The van der Waals surface area contributed by atoms with Gasteiger partial charge in [0.25, 0.3) is 0 Å². The smallest absolute Gasteiger partial charge is 0.160 e. The van der Waals surface area contributed by atoms with Crippen LogP contribution in [0.1, 0.15) is 5.56 Å². The van der Waals surface area contributed by atoms with E-state index in [4.69, 9.17) is 10.2 Å². The van der Waals surface area contributed by atoms with Crippen molar-refractivity contribution in [3.05, 3.63) is 23.8 Å². The summed E-state index contributed by atoms with van der Waals surface area (Å²) in [5.41, 5.74) is 0.634. The van der Waals surface area contributed by atoms with Crippen LogP contribution < -0.4 is 0 Å². The number of benzene rings is 1. The summed E-state index contributed by atoms with van der Waals surface area (Å²) in [6.45, 7) is 1.70. The molecule has 0 aromatic heterocycles. The van der Waals surface area contributed by atoms with Crippen molar-refractivity contribution in [3.8, 4) is 11.5 Å². The Kier molecular flexibility index (Phi) is 1.30. The van der Waals surface area contributed by atoms with E-state index < -0.39 is 0 Å². The summed E-state index contributed by atoms with van der Waals surface area (Å²) in [5.74, 6) is -0.177. The van der Waals surface area contributed by atoms with Crippen LogP contribution in [0.15, 0.2) is 12.1 Å². The predicted octanol–water partition coefficient (Wildman–Crippen LogP) is 1.21. The zero-order valence-electron chi connectivity index (χ0n) is 5.05. The summed E-state index contributed by atoms with van der Waals surface area (Å²) >= 11 is 0. The van der Waals surface area contributed by atoms with Crippen molar-refractivity contribution in [1.29, 1.82) is 0 Å². The number of hydrogen-bond donors (Lipinski definition) is 2. The lowest BCUT2D eigenvalue weighted by Gasteiger charge is -1.97. The standard InChI is InChI=1S/C7H7O2/c1-5-3-2-4-6(8)7(5)9/h3-4,8-9H,1H3. The minimum absolute atomic E-state index is 0.0613. The third-order valence-electron chi connectivity index (χ3n) is 1.14. The predicted molar refractivity (Wildman–Crippen MR) is 33.3 cm³/mol. The molecule has 1 rings (SSSR count). The second-order valence-electron chi connectivity index (χ2n) is 1.87. The molecule has 2 heteroatoms. The van der Waals surface area contributed by atoms with Gasteiger partial charge in [0, 0.05) is 0 Å². The monoisotopic (exact) mass is 123 g/mol. The lowest BCUT2D eigenvalue weighted by Crippen LogP contribution is -1.73. The molecule has 2 nitrogen and oxygen atoms in total. The summed E-state index contributed by atoms with van der Waals surface area (Å²) in [4.78, 5) is 0. The van der Waals surface area contributed by atoms with E-state index in [1.807, 2.05) is 0 Å². The fraction of sp³-hybridized carbons (Fsp3) is 0.143. The number of phenols is 2. The van der Waals surface area contributed by atoms with Crippen molar-refractivity contribution < 1.29 is 10.2 Å². The van der Waals surface area contributed by atoms with Gasteiger partial charge in [0.1, 0.15) is 0 Å². The first-order valence-electron chi connectivity index (χ1n) is 2.60. The first kappa shape index (κ1) is 5.95. The van der Waals surface area contributed by atoms with Gasteiger partial charge >= 0.3 is 0 Å². The Morgan fingerprint density at radius 2 is 2.00 bits per heavy atom. The average Bonchev–Trinajstić information content (AvgIpc) is 1.83. The third-order valence-corrected chi connectivity index (χ3v) is 1.14. The van der Waals surface area contributed by atoms with Gasteiger partial charge in [0.05, 0.1) is 0 Å². The number of aromatic hydroxyl groups is 2. The lowest BCUT2D eigenvalue weighted by atomic mass is 10.2. The molecule has 0 aliphatic rings. The quantitative estimate of drug-likeness (QED) is 0.509. The van der Waals surface area contributed by atoms with Crippen LogP contribution >= 0.6 is 0 Å². The minimum Gasteiger partial charge on any atom is -0.504 e. The maximum absolute atomic E-state index is 8.94. The molecule has 0 bridgehead atoms. The summed E-state index contributed by atoms with van der Waals surface area (Å²) in [7, 11) is 0. The molecular weight excluding hydrogens is 116 g/mol. The fourth-order valence-corrected chi connectivity index (χ4v) is 0.584. The Hall–Kier alpha value is -1.18. The molecule has 0 heterocycles. The second-order valence-corrected chi connectivity index (χ2v) is 1.87. The summed E-state index contributed by atoms with van der Waals surface area (Å²) < 4.78 is 0. The molecule has 47 valence electrons. The Balaban J connectivity index is 3.25. The van der Waals surface area contributed by atoms with Crippen LogP contribution in [0, 0.1) is 13.0 Å². The van der Waals surface area contributed by atoms with Crippen LogP contribution in [0.2, 0.25) is 0 Å². The highest BCUT2D eigenvalue weighted by molar-refractivity contribution is 5.42. The van der Waals surface area contributed by atoms with E-state index in [0.29, 0.717) is 5.56 Å². The van der Waals surface area contributed by atoms with Crippen molar-refractivity contribution in [2.24, 2.45) is 0 Å². The van der Waals surface area contributed by atoms with Gasteiger partial charge in [-0.3, -0.25) is 0 Å². The molecule has 0 atom stereocenters. The molecule has 0 saturated heterocycles. The van der Waals surface area contributed by atoms with Crippen LogP contribution in [0.25, 0.3) is 0 Å². The summed E-state index contributed by atoms with van der Waals surface area (Å²) in [5, 5.41) is 17.8. The Morgan fingerprint density at radius 1 is 1.33 bits per heavy atom. The fourth-order valence-electron chi connectivity index (χ4n) is 0.584. The van der Waals surface area contributed by atoms with Gasteiger partial charge in [-0.05, 0) is 30.7 Å². The molecule has 0 amide bonds. The topological polar surface area (TPSA) is 40.5 Å². The van der Waals surface area contributed by atoms with Crippen molar-refractivity contribution in [3.63, 3.8) is 0 Å². The molecule has 0 unspecified atom stereocenters. The minimum atomic E-state index is -0.116. The Bertz CT molecular complexity index is 198. The largest absolute Gasteiger partial charge is 0.504 e. The zero-order valence-corrected chi connectivity index (χ0v) is 5.05. The first-order chi connectivity index (χ1) is 4.22. The molecule has 0 aliphatic carbocycles. The first-order valence-corrected chi connectivity index (χ1v) is 2.60. The molecular formula is C7H7O2. The van der Waals surface area contributed by atoms with E-state index >= 15 is 0 Å². The Morgan fingerprint density at radius 3 is 2.44 bits per heavy atom. The van der Waals surface area contributed by atoms with Gasteiger partial charge in [-0.15, -0.1) is 0 Å².